The van der Waals surface area contributed by atoms with Crippen LogP contribution in [0.1, 0.15) is 64.3 Å². The van der Waals surface area contributed by atoms with Gasteiger partial charge in [0.2, 0.25) is 15.9 Å². The van der Waals surface area contributed by atoms with E-state index in [1.54, 1.807) is 0 Å². The van der Waals surface area contributed by atoms with Gasteiger partial charge in [-0.05, 0) is 62.1 Å². The molecule has 2 aliphatic heterocycles. The molecule has 0 atom stereocenters. The maximum Gasteiger partial charge on any atom is 0.272 e. The van der Waals surface area contributed by atoms with E-state index < -0.39 is 27.7 Å². The summed E-state index contributed by atoms with van der Waals surface area (Å²) in [4.78, 5) is 40.8. The van der Waals surface area contributed by atoms with E-state index in [9.17, 15) is 22.8 Å². The van der Waals surface area contributed by atoms with Gasteiger partial charge in [0, 0.05) is 43.5 Å². The zero-order chi connectivity index (χ0) is 25.9. The second-order valence-electron chi connectivity index (χ2n) is 8.96. The molecule has 0 spiro atoms. The quantitative estimate of drug-likeness (QED) is 0.469. The fourth-order valence-electron chi connectivity index (χ4n) is 4.53. The van der Waals surface area contributed by atoms with E-state index in [1.807, 2.05) is 0 Å². The van der Waals surface area contributed by atoms with Crippen molar-refractivity contribution < 1.29 is 22.8 Å². The molecule has 1 saturated heterocycles. The third-order valence-electron chi connectivity index (χ3n) is 6.30. The highest BCUT2D eigenvalue weighted by Gasteiger charge is 2.30. The fourth-order valence-corrected chi connectivity index (χ4v) is 7.33. The molecule has 12 heteroatoms. The Bertz CT molecular complexity index is 1250. The minimum Gasteiger partial charge on any atom is -0.313 e. The Labute approximate surface area is 215 Å². The molecule has 1 aromatic carbocycles. The van der Waals surface area contributed by atoms with Crippen LogP contribution in [0, 0.1) is 0 Å². The summed E-state index contributed by atoms with van der Waals surface area (Å²) >= 11 is 1.35. The van der Waals surface area contributed by atoms with Gasteiger partial charge in [-0.15, -0.1) is 11.3 Å². The molecule has 3 heterocycles. The number of anilines is 1. The molecule has 10 nitrogen and oxygen atoms in total. The third kappa shape index (κ3) is 5.61. The predicted molar refractivity (Wildman–Crippen MR) is 137 cm³/mol. The van der Waals surface area contributed by atoms with Gasteiger partial charge in [0.25, 0.3) is 11.8 Å². The maximum atomic E-state index is 13.1. The molecular weight excluding hydrogens is 502 g/mol. The number of benzene rings is 1. The number of hydrogen-bond donors (Lipinski definition) is 3. The number of sulfonamides is 1. The van der Waals surface area contributed by atoms with Crippen LogP contribution >= 0.6 is 11.3 Å². The van der Waals surface area contributed by atoms with Gasteiger partial charge in [0.05, 0.1) is 10.5 Å². The molecule has 0 aliphatic carbocycles. The topological polar surface area (TPSA) is 128 Å². The molecule has 2 aliphatic rings. The van der Waals surface area contributed by atoms with Gasteiger partial charge in [-0.3, -0.25) is 30.1 Å². The van der Waals surface area contributed by atoms with E-state index in [0.717, 1.165) is 42.8 Å². The van der Waals surface area contributed by atoms with Crippen LogP contribution in [0.15, 0.2) is 29.2 Å². The second kappa shape index (κ2) is 11.1. The van der Waals surface area contributed by atoms with Crippen molar-refractivity contribution in [2.75, 3.05) is 31.5 Å². The number of amides is 3. The molecule has 1 aromatic heterocycles. The molecular formula is C24H31N5O5S2. The average molecular weight is 534 g/mol. The Hall–Kier alpha value is -2.80. The van der Waals surface area contributed by atoms with Crippen molar-refractivity contribution in [3.63, 3.8) is 0 Å². The standard InChI is InChI=1S/C24H31N5O5S2/c1-3-11-28-14-10-19-20(15-28)35-24(21(19)23(32)27-26-16(2)30)25-22(31)17-6-8-18(9-7-17)36(33,34)29-12-4-5-13-29/h6-9H,3-5,10-15H2,1-2H3,(H,25,31)(H,26,30)(H,27,32). The van der Waals surface area contributed by atoms with Gasteiger partial charge in [-0.2, -0.15) is 4.31 Å². The Morgan fingerprint density at radius 3 is 2.33 bits per heavy atom. The largest absolute Gasteiger partial charge is 0.313 e. The summed E-state index contributed by atoms with van der Waals surface area (Å²) in [6.07, 6.45) is 3.37. The Morgan fingerprint density at radius 1 is 1.00 bits per heavy atom. The number of fused-ring (bicyclic) bond motifs is 1. The molecule has 194 valence electrons. The van der Waals surface area contributed by atoms with Crippen molar-refractivity contribution >= 4 is 44.1 Å². The number of hydrazine groups is 1. The Morgan fingerprint density at radius 2 is 1.69 bits per heavy atom. The van der Waals surface area contributed by atoms with Crippen molar-refractivity contribution in [1.82, 2.24) is 20.1 Å². The molecule has 36 heavy (non-hydrogen) atoms. The van der Waals surface area contributed by atoms with Crippen molar-refractivity contribution in [3.05, 3.63) is 45.8 Å². The summed E-state index contributed by atoms with van der Waals surface area (Å²) in [6.45, 7) is 6.86. The molecule has 3 N–H and O–H groups in total. The van der Waals surface area contributed by atoms with Gasteiger partial charge in [-0.25, -0.2) is 8.42 Å². The highest BCUT2D eigenvalue weighted by atomic mass is 32.2. The van der Waals surface area contributed by atoms with Gasteiger partial charge < -0.3 is 5.32 Å². The lowest BCUT2D eigenvalue weighted by atomic mass is 10.0. The second-order valence-corrected chi connectivity index (χ2v) is 12.0. The smallest absolute Gasteiger partial charge is 0.272 e. The first-order valence-electron chi connectivity index (χ1n) is 12.1. The van der Waals surface area contributed by atoms with Crippen molar-refractivity contribution in [2.24, 2.45) is 0 Å². The Kier molecular flexibility index (Phi) is 8.08. The van der Waals surface area contributed by atoms with Gasteiger partial charge >= 0.3 is 0 Å². The minimum atomic E-state index is -3.57. The van der Waals surface area contributed by atoms with E-state index in [0.29, 0.717) is 36.6 Å². The lowest BCUT2D eigenvalue weighted by Gasteiger charge is -2.26. The van der Waals surface area contributed by atoms with E-state index in [-0.39, 0.29) is 10.5 Å². The van der Waals surface area contributed by atoms with Gasteiger partial charge in [0.1, 0.15) is 5.00 Å². The first kappa shape index (κ1) is 26.3. The SMILES string of the molecule is CCCN1CCc2c(sc(NC(=O)c3ccc(S(=O)(=O)N4CCCC4)cc3)c2C(=O)NNC(C)=O)C1. The predicted octanol–water partition coefficient (Wildman–Crippen LogP) is 2.33. The number of rotatable bonds is 7. The lowest BCUT2D eigenvalue weighted by molar-refractivity contribution is -0.119. The normalized spacial score (nSPS) is 16.4. The highest BCUT2D eigenvalue weighted by molar-refractivity contribution is 7.89. The molecule has 0 saturated carbocycles. The van der Waals surface area contributed by atoms with Gasteiger partial charge in [0.15, 0.2) is 0 Å². The molecule has 2 aromatic rings. The number of carbonyl (C=O) groups is 3. The Balaban J connectivity index is 1.56. The number of thiophene rings is 1. The molecule has 4 rings (SSSR count). The van der Waals surface area contributed by atoms with Crippen LogP contribution in [-0.2, 0) is 27.8 Å². The number of carbonyl (C=O) groups excluding carboxylic acids is 3. The summed E-state index contributed by atoms with van der Waals surface area (Å²) in [5.74, 6) is -1.34. The lowest BCUT2D eigenvalue weighted by Crippen LogP contribution is -2.41. The third-order valence-corrected chi connectivity index (χ3v) is 9.35. The van der Waals surface area contributed by atoms with Crippen LogP contribution < -0.4 is 16.2 Å². The summed E-state index contributed by atoms with van der Waals surface area (Å²) in [5, 5.41) is 3.24. The average Bonchev–Trinajstić information content (AvgIpc) is 3.51. The van der Waals surface area contributed by atoms with Crippen LogP contribution in [0.5, 0.6) is 0 Å². The molecule has 0 radical (unpaired) electrons. The first-order valence-corrected chi connectivity index (χ1v) is 14.3. The van der Waals surface area contributed by atoms with Gasteiger partial charge in [-0.1, -0.05) is 6.92 Å². The number of nitrogens with one attached hydrogen (secondary N) is 3. The van der Waals surface area contributed by atoms with E-state index in [1.165, 1.54) is 46.8 Å². The fraction of sp³-hybridized carbons (Fsp3) is 0.458. The minimum absolute atomic E-state index is 0.152. The monoisotopic (exact) mass is 533 g/mol. The zero-order valence-electron chi connectivity index (χ0n) is 20.4. The van der Waals surface area contributed by atoms with Crippen LogP contribution in [0.4, 0.5) is 5.00 Å². The molecule has 1 fully saturated rings. The summed E-state index contributed by atoms with van der Waals surface area (Å²) < 4.78 is 27.0. The molecule has 3 amide bonds. The number of hydrogen-bond acceptors (Lipinski definition) is 7. The van der Waals surface area contributed by atoms with Crippen LogP contribution in [0.2, 0.25) is 0 Å². The first-order chi connectivity index (χ1) is 17.2. The highest BCUT2D eigenvalue weighted by Crippen LogP contribution is 2.37. The summed E-state index contributed by atoms with van der Waals surface area (Å²) in [7, 11) is -3.57. The summed E-state index contributed by atoms with van der Waals surface area (Å²) in [6, 6.07) is 5.84. The van der Waals surface area contributed by atoms with E-state index in [4.69, 9.17) is 0 Å². The van der Waals surface area contributed by atoms with Crippen molar-refractivity contribution in [3.8, 4) is 0 Å². The van der Waals surface area contributed by atoms with Crippen LogP contribution in [0.25, 0.3) is 0 Å². The van der Waals surface area contributed by atoms with E-state index in [2.05, 4.69) is 28.0 Å². The van der Waals surface area contributed by atoms with Crippen LogP contribution in [0.3, 0.4) is 0 Å². The molecule has 0 bridgehead atoms. The summed E-state index contributed by atoms with van der Waals surface area (Å²) in [5.41, 5.74) is 6.22. The maximum absolute atomic E-state index is 13.1. The number of nitrogens with zero attached hydrogens (tertiary/aromatic N) is 2. The zero-order valence-corrected chi connectivity index (χ0v) is 22.1. The van der Waals surface area contributed by atoms with Crippen molar-refractivity contribution in [1.29, 1.82) is 0 Å². The van der Waals surface area contributed by atoms with E-state index >= 15 is 0 Å². The van der Waals surface area contributed by atoms with Crippen molar-refractivity contribution in [2.45, 2.75) is 51.0 Å². The van der Waals surface area contributed by atoms with Crippen LogP contribution in [-0.4, -0.2) is 61.5 Å². The molecule has 0 unspecified atom stereocenters.